The number of aromatic nitrogens is 2. The lowest BCUT2D eigenvalue weighted by Crippen LogP contribution is -2.15. The van der Waals surface area contributed by atoms with E-state index in [0.717, 1.165) is 18.3 Å². The Balaban J connectivity index is 1.55. The average molecular weight is 275 g/mol. The highest BCUT2D eigenvalue weighted by Crippen LogP contribution is 2.24. The molecule has 100 valence electrons. The first-order valence-corrected chi connectivity index (χ1v) is 7.52. The number of rotatable bonds is 6. The first-order chi connectivity index (χ1) is 9.29. The molecule has 1 aromatic heterocycles. The normalized spacial score (nSPS) is 14.8. The van der Waals surface area contributed by atoms with Gasteiger partial charge in [-0.05, 0) is 37.5 Å². The summed E-state index contributed by atoms with van der Waals surface area (Å²) in [5.41, 5.74) is 1.33. The smallest absolute Gasteiger partial charge is 0.236 e. The maximum Gasteiger partial charge on any atom is 0.236 e. The highest BCUT2D eigenvalue weighted by atomic mass is 32.2. The fraction of sp³-hybridized carbons (Fsp3) is 0.429. The number of hydrogen-bond acceptors (Lipinski definition) is 5. The van der Waals surface area contributed by atoms with Crippen LogP contribution >= 0.6 is 11.8 Å². The predicted octanol–water partition coefficient (Wildman–Crippen LogP) is 2.92. The number of aryl methyl sites for hydroxylation is 1. The molecular formula is C14H17N3OS. The van der Waals surface area contributed by atoms with Gasteiger partial charge in [0.05, 0.1) is 5.75 Å². The number of hydrogen-bond donors (Lipinski definition) is 1. The number of nitrogens with one attached hydrogen (secondary N) is 1. The minimum atomic E-state index is 0.684. The van der Waals surface area contributed by atoms with Crippen LogP contribution in [0.4, 0.5) is 0 Å². The highest BCUT2D eigenvalue weighted by Gasteiger charge is 2.19. The molecule has 0 atom stereocenters. The SMILES string of the molecule is Cc1noc(CSc2cccc(CNC3CC3)c2)n1. The minimum absolute atomic E-state index is 0.684. The van der Waals surface area contributed by atoms with Crippen molar-refractivity contribution in [3.63, 3.8) is 0 Å². The Morgan fingerprint density at radius 3 is 3.05 bits per heavy atom. The van der Waals surface area contributed by atoms with Crippen molar-refractivity contribution in [2.75, 3.05) is 0 Å². The van der Waals surface area contributed by atoms with E-state index in [1.54, 1.807) is 11.8 Å². The zero-order valence-electron chi connectivity index (χ0n) is 10.9. The van der Waals surface area contributed by atoms with Crippen molar-refractivity contribution in [2.45, 2.75) is 43.0 Å². The zero-order valence-corrected chi connectivity index (χ0v) is 11.7. The monoisotopic (exact) mass is 275 g/mol. The van der Waals surface area contributed by atoms with Gasteiger partial charge in [0.1, 0.15) is 0 Å². The van der Waals surface area contributed by atoms with E-state index >= 15 is 0 Å². The van der Waals surface area contributed by atoms with E-state index in [-0.39, 0.29) is 0 Å². The molecule has 0 unspecified atom stereocenters. The second-order valence-electron chi connectivity index (χ2n) is 4.83. The third-order valence-corrected chi connectivity index (χ3v) is 3.98. The van der Waals surface area contributed by atoms with Crippen molar-refractivity contribution in [1.29, 1.82) is 0 Å². The standard InChI is InChI=1S/C14H17N3OS/c1-10-16-14(18-17-10)9-19-13-4-2-3-11(7-13)8-15-12-5-6-12/h2-4,7,12,15H,5-6,8-9H2,1H3. The third-order valence-electron chi connectivity index (χ3n) is 3.00. The van der Waals surface area contributed by atoms with Crippen LogP contribution in [0.2, 0.25) is 0 Å². The summed E-state index contributed by atoms with van der Waals surface area (Å²) in [7, 11) is 0. The van der Waals surface area contributed by atoms with Crippen molar-refractivity contribution < 1.29 is 4.52 Å². The molecule has 1 aromatic carbocycles. The Morgan fingerprint density at radius 1 is 1.42 bits per heavy atom. The van der Waals surface area contributed by atoms with Crippen LogP contribution in [-0.2, 0) is 12.3 Å². The molecular weight excluding hydrogens is 258 g/mol. The summed E-state index contributed by atoms with van der Waals surface area (Å²) >= 11 is 1.73. The van der Waals surface area contributed by atoms with Crippen molar-refractivity contribution >= 4 is 11.8 Å². The molecule has 3 rings (SSSR count). The first kappa shape index (κ1) is 12.7. The lowest BCUT2D eigenvalue weighted by Gasteiger charge is -2.05. The lowest BCUT2D eigenvalue weighted by atomic mass is 10.2. The molecule has 1 fully saturated rings. The molecule has 0 saturated heterocycles. The van der Waals surface area contributed by atoms with Gasteiger partial charge in [-0.15, -0.1) is 11.8 Å². The maximum atomic E-state index is 5.11. The fourth-order valence-corrected chi connectivity index (χ4v) is 2.66. The van der Waals surface area contributed by atoms with Crippen LogP contribution in [0.5, 0.6) is 0 Å². The summed E-state index contributed by atoms with van der Waals surface area (Å²) in [5, 5.41) is 7.32. The van der Waals surface area contributed by atoms with E-state index in [1.807, 2.05) is 6.92 Å². The summed E-state index contributed by atoms with van der Waals surface area (Å²) in [4.78, 5) is 5.45. The summed E-state index contributed by atoms with van der Waals surface area (Å²) < 4.78 is 5.11. The Bertz CT molecular complexity index is 551. The van der Waals surface area contributed by atoms with E-state index in [2.05, 4.69) is 39.7 Å². The van der Waals surface area contributed by atoms with Gasteiger partial charge >= 0.3 is 0 Å². The summed E-state index contributed by atoms with van der Waals surface area (Å²) in [6.45, 7) is 2.79. The first-order valence-electron chi connectivity index (χ1n) is 6.54. The van der Waals surface area contributed by atoms with Gasteiger partial charge in [-0.2, -0.15) is 4.98 Å². The highest BCUT2D eigenvalue weighted by molar-refractivity contribution is 7.98. The van der Waals surface area contributed by atoms with Gasteiger partial charge in [0, 0.05) is 17.5 Å². The molecule has 0 bridgehead atoms. The van der Waals surface area contributed by atoms with Crippen molar-refractivity contribution in [1.82, 2.24) is 15.5 Å². The predicted molar refractivity (Wildman–Crippen MR) is 74.9 cm³/mol. The Labute approximate surface area is 117 Å². The molecule has 0 aliphatic heterocycles. The van der Waals surface area contributed by atoms with Crippen LogP contribution in [0, 0.1) is 6.92 Å². The average Bonchev–Trinajstić information content (AvgIpc) is 3.16. The number of benzene rings is 1. The topological polar surface area (TPSA) is 51.0 Å². The number of nitrogens with zero attached hydrogens (tertiary/aromatic N) is 2. The Kier molecular flexibility index (Phi) is 3.84. The quantitative estimate of drug-likeness (QED) is 0.821. The van der Waals surface area contributed by atoms with E-state index in [9.17, 15) is 0 Å². The van der Waals surface area contributed by atoms with Gasteiger partial charge in [-0.3, -0.25) is 0 Å². The molecule has 1 aliphatic rings. The molecule has 19 heavy (non-hydrogen) atoms. The molecule has 1 saturated carbocycles. The summed E-state index contributed by atoms with van der Waals surface area (Å²) in [5.74, 6) is 2.10. The van der Waals surface area contributed by atoms with Crippen LogP contribution in [0.1, 0.15) is 30.1 Å². The molecule has 0 amide bonds. The lowest BCUT2D eigenvalue weighted by molar-refractivity contribution is 0.387. The second kappa shape index (κ2) is 5.75. The fourth-order valence-electron chi connectivity index (χ4n) is 1.84. The van der Waals surface area contributed by atoms with Gasteiger partial charge < -0.3 is 9.84 Å². The molecule has 0 radical (unpaired) electrons. The van der Waals surface area contributed by atoms with Crippen LogP contribution in [-0.4, -0.2) is 16.2 Å². The van der Waals surface area contributed by atoms with Gasteiger partial charge in [0.25, 0.3) is 0 Å². The van der Waals surface area contributed by atoms with E-state index in [0.29, 0.717) is 11.7 Å². The molecule has 1 N–H and O–H groups in total. The Hall–Kier alpha value is -1.33. The molecule has 5 heteroatoms. The van der Waals surface area contributed by atoms with E-state index in [1.165, 1.54) is 23.3 Å². The molecule has 0 spiro atoms. The molecule has 4 nitrogen and oxygen atoms in total. The largest absolute Gasteiger partial charge is 0.338 e. The Morgan fingerprint density at radius 2 is 2.32 bits per heavy atom. The maximum absolute atomic E-state index is 5.11. The van der Waals surface area contributed by atoms with E-state index < -0.39 is 0 Å². The summed E-state index contributed by atoms with van der Waals surface area (Å²) in [6, 6.07) is 9.36. The summed E-state index contributed by atoms with van der Waals surface area (Å²) in [6.07, 6.45) is 2.65. The molecule has 1 aliphatic carbocycles. The van der Waals surface area contributed by atoms with E-state index in [4.69, 9.17) is 4.52 Å². The van der Waals surface area contributed by atoms with Crippen LogP contribution in [0.15, 0.2) is 33.7 Å². The van der Waals surface area contributed by atoms with Gasteiger partial charge in [-0.1, -0.05) is 17.3 Å². The van der Waals surface area contributed by atoms with Gasteiger partial charge in [0.15, 0.2) is 5.82 Å². The van der Waals surface area contributed by atoms with Crippen LogP contribution in [0.25, 0.3) is 0 Å². The number of thioether (sulfide) groups is 1. The van der Waals surface area contributed by atoms with Crippen molar-refractivity contribution in [3.8, 4) is 0 Å². The van der Waals surface area contributed by atoms with Crippen LogP contribution < -0.4 is 5.32 Å². The molecule has 2 aromatic rings. The minimum Gasteiger partial charge on any atom is -0.338 e. The second-order valence-corrected chi connectivity index (χ2v) is 5.88. The van der Waals surface area contributed by atoms with Gasteiger partial charge in [0.2, 0.25) is 5.89 Å². The molecule has 1 heterocycles. The van der Waals surface area contributed by atoms with Gasteiger partial charge in [-0.25, -0.2) is 0 Å². The van der Waals surface area contributed by atoms with Crippen molar-refractivity contribution in [3.05, 3.63) is 41.5 Å². The third kappa shape index (κ3) is 3.81. The zero-order chi connectivity index (χ0) is 13.1. The van der Waals surface area contributed by atoms with Crippen molar-refractivity contribution in [2.24, 2.45) is 0 Å². The van der Waals surface area contributed by atoms with Crippen LogP contribution in [0.3, 0.4) is 0 Å².